The van der Waals surface area contributed by atoms with Crippen LogP contribution in [0.3, 0.4) is 0 Å². The second kappa shape index (κ2) is 51.7. The summed E-state index contributed by atoms with van der Waals surface area (Å²) in [6, 6.07) is 0. The molecule has 0 saturated heterocycles. The molecule has 0 heterocycles. The quantitative estimate of drug-likeness (QED) is 0.0262. The van der Waals surface area contributed by atoms with Crippen molar-refractivity contribution in [3.05, 3.63) is 60.8 Å². The first kappa shape index (κ1) is 60.1. The van der Waals surface area contributed by atoms with Gasteiger partial charge in [-0.15, -0.1) is 0 Å². The number of hydrogen-bond acceptors (Lipinski definition) is 6. The summed E-state index contributed by atoms with van der Waals surface area (Å²) in [5.41, 5.74) is 0. The number of esters is 3. The van der Waals surface area contributed by atoms with Gasteiger partial charge in [-0.3, -0.25) is 14.4 Å². The van der Waals surface area contributed by atoms with Gasteiger partial charge in [0.2, 0.25) is 0 Å². The first-order valence-corrected chi connectivity index (χ1v) is 26.9. The van der Waals surface area contributed by atoms with Crippen LogP contribution in [0.2, 0.25) is 0 Å². The van der Waals surface area contributed by atoms with Crippen LogP contribution in [0.5, 0.6) is 0 Å². The molecule has 0 N–H and O–H groups in total. The van der Waals surface area contributed by atoms with E-state index in [4.69, 9.17) is 14.2 Å². The Kier molecular flexibility index (Phi) is 49.4. The molecule has 0 aromatic heterocycles. The SMILES string of the molecule is CC/C=C/C=C/C=C/C=C/C=C/CCCC(=O)OCC(COC(=O)CCCCCCCCCCCCCCCCCCC)OC(=O)CCCCCCCCCCCCCCCCC. The van der Waals surface area contributed by atoms with E-state index in [2.05, 4.69) is 26.8 Å². The molecule has 0 amide bonds. The predicted octanol–water partition coefficient (Wildman–Crippen LogP) is 17.6. The summed E-state index contributed by atoms with van der Waals surface area (Å²) in [6.45, 7) is 6.46. The van der Waals surface area contributed by atoms with Gasteiger partial charge in [0.05, 0.1) is 0 Å². The molecule has 6 heteroatoms. The molecule has 63 heavy (non-hydrogen) atoms. The lowest BCUT2D eigenvalue weighted by molar-refractivity contribution is -0.167. The monoisotopic (exact) mass is 881 g/mol. The molecule has 0 bridgehead atoms. The number of carbonyl (C=O) groups excluding carboxylic acids is 3. The standard InChI is InChI=1S/C57H100O6/c1-4-7-10-13-16-19-22-25-27-28-30-32-35-38-41-44-47-50-56(59)62-53-54(52-61-55(58)49-46-43-40-37-34-31-24-21-18-15-12-9-6-3)63-57(60)51-48-45-42-39-36-33-29-26-23-20-17-14-11-8-5-2/h9,12,15,18,21,24,31,34,37,40,54H,4-8,10-11,13-14,16-17,19-20,22-23,25-30,32-33,35-36,38-39,41-53H2,1-3H3/b12-9+,18-15+,24-21+,34-31+,40-37+. The maximum absolute atomic E-state index is 12.8. The van der Waals surface area contributed by atoms with Gasteiger partial charge in [-0.25, -0.2) is 0 Å². The van der Waals surface area contributed by atoms with Crippen LogP contribution in [0.4, 0.5) is 0 Å². The Morgan fingerprint density at radius 3 is 0.968 bits per heavy atom. The highest BCUT2D eigenvalue weighted by molar-refractivity contribution is 5.71. The highest BCUT2D eigenvalue weighted by Crippen LogP contribution is 2.16. The summed E-state index contributed by atoms with van der Waals surface area (Å²) in [7, 11) is 0. The first-order valence-electron chi connectivity index (χ1n) is 26.9. The van der Waals surface area contributed by atoms with Gasteiger partial charge in [-0.2, -0.15) is 0 Å². The van der Waals surface area contributed by atoms with Crippen LogP contribution in [0, 0.1) is 0 Å². The van der Waals surface area contributed by atoms with Gasteiger partial charge < -0.3 is 14.2 Å². The van der Waals surface area contributed by atoms with Crippen molar-refractivity contribution in [3.63, 3.8) is 0 Å². The predicted molar refractivity (Wildman–Crippen MR) is 270 cm³/mol. The zero-order valence-corrected chi connectivity index (χ0v) is 41.6. The van der Waals surface area contributed by atoms with Crippen molar-refractivity contribution in [3.8, 4) is 0 Å². The van der Waals surface area contributed by atoms with Gasteiger partial charge in [0.25, 0.3) is 0 Å². The minimum atomic E-state index is -0.798. The maximum atomic E-state index is 12.8. The van der Waals surface area contributed by atoms with Gasteiger partial charge >= 0.3 is 17.9 Å². The van der Waals surface area contributed by atoms with Crippen LogP contribution in [-0.4, -0.2) is 37.2 Å². The fraction of sp³-hybridized carbons (Fsp3) is 0.772. The lowest BCUT2D eigenvalue weighted by Gasteiger charge is -2.18. The Hall–Kier alpha value is -2.89. The summed E-state index contributed by atoms with van der Waals surface area (Å²) >= 11 is 0. The average Bonchev–Trinajstić information content (AvgIpc) is 3.28. The van der Waals surface area contributed by atoms with Crippen molar-refractivity contribution < 1.29 is 28.6 Å². The Morgan fingerprint density at radius 2 is 0.619 bits per heavy atom. The van der Waals surface area contributed by atoms with Crippen LogP contribution in [-0.2, 0) is 28.6 Å². The number of rotatable bonds is 48. The molecular formula is C57H100O6. The topological polar surface area (TPSA) is 78.9 Å². The van der Waals surface area contributed by atoms with Crippen molar-refractivity contribution in [2.45, 2.75) is 271 Å². The fourth-order valence-corrected chi connectivity index (χ4v) is 7.65. The molecule has 6 nitrogen and oxygen atoms in total. The molecule has 0 rings (SSSR count). The minimum Gasteiger partial charge on any atom is -0.462 e. The summed E-state index contributed by atoms with van der Waals surface area (Å²) in [5, 5.41) is 0. The van der Waals surface area contributed by atoms with Crippen molar-refractivity contribution in [1.29, 1.82) is 0 Å². The number of unbranched alkanes of at least 4 members (excludes halogenated alkanes) is 31. The van der Waals surface area contributed by atoms with Gasteiger partial charge in [0, 0.05) is 19.3 Å². The van der Waals surface area contributed by atoms with E-state index in [1.54, 1.807) is 0 Å². The van der Waals surface area contributed by atoms with Crippen molar-refractivity contribution >= 4 is 17.9 Å². The molecule has 1 unspecified atom stereocenters. The summed E-state index contributed by atoms with van der Waals surface area (Å²) < 4.78 is 16.8. The molecule has 0 fully saturated rings. The van der Waals surface area contributed by atoms with E-state index in [9.17, 15) is 14.4 Å². The van der Waals surface area contributed by atoms with Gasteiger partial charge in [0.15, 0.2) is 6.10 Å². The van der Waals surface area contributed by atoms with Crippen molar-refractivity contribution in [2.24, 2.45) is 0 Å². The Balaban J connectivity index is 4.41. The van der Waals surface area contributed by atoms with Crippen LogP contribution in [0.1, 0.15) is 265 Å². The van der Waals surface area contributed by atoms with Crippen molar-refractivity contribution in [1.82, 2.24) is 0 Å². The summed E-state index contributed by atoms with van der Waals surface area (Å²) in [4.78, 5) is 38.0. The van der Waals surface area contributed by atoms with Crippen molar-refractivity contribution in [2.75, 3.05) is 13.2 Å². The number of ether oxygens (including phenoxy) is 3. The van der Waals surface area contributed by atoms with Crippen LogP contribution < -0.4 is 0 Å². The second-order valence-electron chi connectivity index (χ2n) is 17.9. The minimum absolute atomic E-state index is 0.0928. The van der Waals surface area contributed by atoms with E-state index in [1.165, 1.54) is 167 Å². The second-order valence-corrected chi connectivity index (χ2v) is 17.9. The molecule has 0 aliphatic heterocycles. The van der Waals surface area contributed by atoms with Gasteiger partial charge in [0.1, 0.15) is 13.2 Å². The average molecular weight is 881 g/mol. The Bertz CT molecular complexity index is 1150. The molecule has 0 aliphatic carbocycles. The summed E-state index contributed by atoms with van der Waals surface area (Å²) in [6.07, 6.45) is 63.6. The normalized spacial score (nSPS) is 12.5. The number of hydrogen-bond donors (Lipinski definition) is 0. The third-order valence-electron chi connectivity index (χ3n) is 11.7. The lowest BCUT2D eigenvalue weighted by atomic mass is 10.0. The summed E-state index contributed by atoms with van der Waals surface area (Å²) in [5.74, 6) is -0.959. The van der Waals surface area contributed by atoms with Gasteiger partial charge in [-0.05, 0) is 32.1 Å². The lowest BCUT2D eigenvalue weighted by Crippen LogP contribution is -2.30. The molecule has 364 valence electrons. The zero-order chi connectivity index (χ0) is 45.8. The van der Waals surface area contributed by atoms with Gasteiger partial charge in [-0.1, -0.05) is 274 Å². The fourth-order valence-electron chi connectivity index (χ4n) is 7.65. The van der Waals surface area contributed by atoms with E-state index in [0.29, 0.717) is 19.3 Å². The molecule has 0 aromatic rings. The molecule has 0 radical (unpaired) electrons. The molecule has 0 saturated carbocycles. The zero-order valence-electron chi connectivity index (χ0n) is 41.6. The van der Waals surface area contributed by atoms with E-state index in [0.717, 1.165) is 51.4 Å². The van der Waals surface area contributed by atoms with Crippen LogP contribution in [0.25, 0.3) is 0 Å². The van der Waals surface area contributed by atoms with E-state index in [-0.39, 0.29) is 37.5 Å². The van der Waals surface area contributed by atoms with E-state index in [1.807, 2.05) is 54.7 Å². The Morgan fingerprint density at radius 1 is 0.333 bits per heavy atom. The van der Waals surface area contributed by atoms with Crippen LogP contribution >= 0.6 is 0 Å². The third-order valence-corrected chi connectivity index (χ3v) is 11.7. The number of carbonyl (C=O) groups is 3. The maximum Gasteiger partial charge on any atom is 0.306 e. The molecule has 0 spiro atoms. The third kappa shape index (κ3) is 50.0. The smallest absolute Gasteiger partial charge is 0.306 e. The van der Waals surface area contributed by atoms with E-state index < -0.39 is 6.10 Å². The first-order chi connectivity index (χ1) is 31.0. The highest BCUT2D eigenvalue weighted by atomic mass is 16.6. The largest absolute Gasteiger partial charge is 0.462 e. The molecule has 0 aromatic carbocycles. The number of allylic oxidation sites excluding steroid dienone is 10. The van der Waals surface area contributed by atoms with Crippen LogP contribution in [0.15, 0.2) is 60.8 Å². The van der Waals surface area contributed by atoms with E-state index >= 15 is 0 Å². The molecule has 1 atom stereocenters. The Labute approximate surface area is 390 Å². The molecule has 0 aliphatic rings. The highest BCUT2D eigenvalue weighted by Gasteiger charge is 2.19. The molecular weight excluding hydrogens is 781 g/mol.